The Bertz CT molecular complexity index is 603. The van der Waals surface area contributed by atoms with Crippen LogP contribution in [0.1, 0.15) is 10.4 Å². The predicted octanol–water partition coefficient (Wildman–Crippen LogP) is 4.34. The van der Waals surface area contributed by atoms with Gasteiger partial charge in [0.1, 0.15) is 5.82 Å². The molecule has 18 heavy (non-hydrogen) atoms. The molecule has 0 aliphatic heterocycles. The Morgan fingerprint density at radius 2 is 2.00 bits per heavy atom. The minimum absolute atomic E-state index is 0.290. The van der Waals surface area contributed by atoms with Crippen molar-refractivity contribution in [2.45, 2.75) is 0 Å². The molecular weight excluding hydrogens is 368 g/mol. The third kappa shape index (κ3) is 3.20. The zero-order valence-corrected chi connectivity index (χ0v) is 12.0. The number of carbonyl (C=O) groups is 1. The molecule has 0 heterocycles. The summed E-state index contributed by atoms with van der Waals surface area (Å²) in [5.74, 6) is -0.680. The Morgan fingerprint density at radius 3 is 2.67 bits per heavy atom. The van der Waals surface area contributed by atoms with Crippen LogP contribution in [0.15, 0.2) is 42.5 Å². The highest BCUT2D eigenvalue weighted by molar-refractivity contribution is 14.1. The molecular formula is C13H8ClFINO. The number of hydrogen-bond donors (Lipinski definition) is 1. The van der Waals surface area contributed by atoms with Gasteiger partial charge in [0, 0.05) is 14.3 Å². The Kier molecular flexibility index (Phi) is 4.19. The van der Waals surface area contributed by atoms with E-state index in [0.29, 0.717) is 16.3 Å². The van der Waals surface area contributed by atoms with E-state index in [1.165, 1.54) is 18.2 Å². The number of halogens is 3. The van der Waals surface area contributed by atoms with Crippen molar-refractivity contribution in [1.29, 1.82) is 0 Å². The average Bonchev–Trinajstić information content (AvgIpc) is 2.28. The molecule has 1 N–H and O–H groups in total. The fraction of sp³-hybridized carbons (Fsp3) is 0. The van der Waals surface area contributed by atoms with Gasteiger partial charge in [-0.25, -0.2) is 4.39 Å². The second-order valence-corrected chi connectivity index (χ2v) is 5.19. The first-order valence-corrected chi connectivity index (χ1v) is 6.54. The first-order valence-electron chi connectivity index (χ1n) is 5.08. The Morgan fingerprint density at radius 1 is 1.22 bits per heavy atom. The van der Waals surface area contributed by atoms with Gasteiger partial charge in [0.15, 0.2) is 0 Å². The molecule has 5 heteroatoms. The van der Waals surface area contributed by atoms with Crippen LogP contribution in [0.4, 0.5) is 10.1 Å². The van der Waals surface area contributed by atoms with Crippen LogP contribution < -0.4 is 5.32 Å². The van der Waals surface area contributed by atoms with Crippen molar-refractivity contribution in [2.75, 3.05) is 5.32 Å². The van der Waals surface area contributed by atoms with Gasteiger partial charge in [-0.2, -0.15) is 0 Å². The number of anilines is 1. The van der Waals surface area contributed by atoms with Gasteiger partial charge >= 0.3 is 0 Å². The molecule has 0 aromatic heterocycles. The second-order valence-electron chi connectivity index (χ2n) is 3.59. The highest BCUT2D eigenvalue weighted by Gasteiger charge is 2.10. The van der Waals surface area contributed by atoms with Gasteiger partial charge in [-0.15, -0.1) is 0 Å². The van der Waals surface area contributed by atoms with E-state index in [-0.39, 0.29) is 5.91 Å². The Labute approximate surface area is 122 Å². The number of carbonyl (C=O) groups excluding carboxylic acids is 1. The van der Waals surface area contributed by atoms with Gasteiger partial charge < -0.3 is 5.32 Å². The summed E-state index contributed by atoms with van der Waals surface area (Å²) in [6.45, 7) is 0. The SMILES string of the molecule is O=C(Nc1cccc(F)c1)c1ccc(Cl)cc1I. The molecule has 0 fully saturated rings. The lowest BCUT2D eigenvalue weighted by Crippen LogP contribution is -2.13. The zero-order valence-electron chi connectivity index (χ0n) is 9.08. The summed E-state index contributed by atoms with van der Waals surface area (Å²) in [5.41, 5.74) is 0.926. The summed E-state index contributed by atoms with van der Waals surface area (Å²) in [4.78, 5) is 12.0. The molecule has 2 aromatic rings. The van der Waals surface area contributed by atoms with Crippen molar-refractivity contribution >= 4 is 45.8 Å². The first-order chi connectivity index (χ1) is 8.56. The molecule has 0 spiro atoms. The van der Waals surface area contributed by atoms with Crippen molar-refractivity contribution in [3.63, 3.8) is 0 Å². The van der Waals surface area contributed by atoms with E-state index in [2.05, 4.69) is 5.32 Å². The third-order valence-corrected chi connectivity index (χ3v) is 3.39. The molecule has 2 aromatic carbocycles. The maximum absolute atomic E-state index is 13.0. The predicted molar refractivity (Wildman–Crippen MR) is 78.5 cm³/mol. The maximum atomic E-state index is 13.0. The monoisotopic (exact) mass is 375 g/mol. The number of amides is 1. The smallest absolute Gasteiger partial charge is 0.256 e. The molecule has 0 aliphatic rings. The van der Waals surface area contributed by atoms with E-state index in [0.717, 1.165) is 3.57 Å². The summed E-state index contributed by atoms with van der Waals surface area (Å²) in [6.07, 6.45) is 0. The lowest BCUT2D eigenvalue weighted by atomic mass is 10.2. The van der Waals surface area contributed by atoms with Gasteiger partial charge in [0.25, 0.3) is 5.91 Å². The van der Waals surface area contributed by atoms with Crippen LogP contribution in [0.2, 0.25) is 5.02 Å². The molecule has 1 amide bonds. The molecule has 2 rings (SSSR count). The second kappa shape index (κ2) is 5.67. The lowest BCUT2D eigenvalue weighted by molar-refractivity contribution is 0.102. The van der Waals surface area contributed by atoms with Crippen LogP contribution in [0.3, 0.4) is 0 Å². The van der Waals surface area contributed by atoms with Gasteiger partial charge in [-0.05, 0) is 59.0 Å². The summed E-state index contributed by atoms with van der Waals surface area (Å²) < 4.78 is 13.7. The fourth-order valence-corrected chi connectivity index (χ4v) is 2.55. The summed E-state index contributed by atoms with van der Waals surface area (Å²) in [6, 6.07) is 10.7. The summed E-state index contributed by atoms with van der Waals surface area (Å²) in [7, 11) is 0. The minimum Gasteiger partial charge on any atom is -0.322 e. The van der Waals surface area contributed by atoms with Gasteiger partial charge in [-0.3, -0.25) is 4.79 Å². The van der Waals surface area contributed by atoms with Crippen molar-refractivity contribution in [2.24, 2.45) is 0 Å². The van der Waals surface area contributed by atoms with Crippen LogP contribution >= 0.6 is 34.2 Å². The van der Waals surface area contributed by atoms with Crippen LogP contribution in [0.25, 0.3) is 0 Å². The summed E-state index contributed by atoms with van der Waals surface area (Å²) >= 11 is 7.85. The largest absolute Gasteiger partial charge is 0.322 e. The van der Waals surface area contributed by atoms with E-state index in [4.69, 9.17) is 11.6 Å². The van der Waals surface area contributed by atoms with Gasteiger partial charge in [-0.1, -0.05) is 17.7 Å². The highest BCUT2D eigenvalue weighted by Crippen LogP contribution is 2.19. The van der Waals surface area contributed by atoms with Crippen molar-refractivity contribution in [1.82, 2.24) is 0 Å². The standard InChI is InChI=1S/C13H8ClFINO/c14-8-4-5-11(12(16)6-8)13(18)17-10-3-1-2-9(15)7-10/h1-7H,(H,17,18). The Hall–Kier alpha value is -1.14. The average molecular weight is 376 g/mol. The molecule has 0 aliphatic carbocycles. The van der Waals surface area contributed by atoms with Gasteiger partial charge in [0.2, 0.25) is 0 Å². The molecule has 2 nitrogen and oxygen atoms in total. The van der Waals surface area contributed by atoms with Crippen molar-refractivity contribution < 1.29 is 9.18 Å². The minimum atomic E-state index is -0.390. The fourth-order valence-electron chi connectivity index (χ4n) is 1.44. The lowest BCUT2D eigenvalue weighted by Gasteiger charge is -2.07. The summed E-state index contributed by atoms with van der Waals surface area (Å²) in [5, 5.41) is 3.20. The van der Waals surface area contributed by atoms with E-state index in [9.17, 15) is 9.18 Å². The van der Waals surface area contributed by atoms with Crippen LogP contribution in [-0.2, 0) is 0 Å². The molecule has 0 saturated carbocycles. The maximum Gasteiger partial charge on any atom is 0.256 e. The molecule has 0 unspecified atom stereocenters. The Balaban J connectivity index is 2.22. The van der Waals surface area contributed by atoms with Crippen molar-refractivity contribution in [3.05, 3.63) is 62.4 Å². The quantitative estimate of drug-likeness (QED) is 0.778. The van der Waals surface area contributed by atoms with Gasteiger partial charge in [0.05, 0.1) is 5.56 Å². The van der Waals surface area contributed by atoms with E-state index < -0.39 is 5.82 Å². The number of nitrogens with one attached hydrogen (secondary N) is 1. The third-order valence-electron chi connectivity index (χ3n) is 2.26. The zero-order chi connectivity index (χ0) is 13.1. The molecule has 0 bridgehead atoms. The molecule has 92 valence electrons. The number of benzene rings is 2. The van der Waals surface area contributed by atoms with Crippen LogP contribution in [-0.4, -0.2) is 5.91 Å². The molecule has 0 saturated heterocycles. The van der Waals surface area contributed by atoms with E-state index in [1.807, 2.05) is 22.6 Å². The molecule has 0 radical (unpaired) electrons. The highest BCUT2D eigenvalue weighted by atomic mass is 127. The topological polar surface area (TPSA) is 29.1 Å². The van der Waals surface area contributed by atoms with E-state index in [1.54, 1.807) is 24.3 Å². The number of rotatable bonds is 2. The number of hydrogen-bond acceptors (Lipinski definition) is 1. The van der Waals surface area contributed by atoms with Crippen molar-refractivity contribution in [3.8, 4) is 0 Å². The van der Waals surface area contributed by atoms with Crippen LogP contribution in [0.5, 0.6) is 0 Å². The first kappa shape index (κ1) is 13.3. The normalized spacial score (nSPS) is 10.2. The molecule has 0 atom stereocenters. The van der Waals surface area contributed by atoms with E-state index >= 15 is 0 Å². The van der Waals surface area contributed by atoms with Crippen LogP contribution in [0, 0.1) is 9.39 Å².